The highest BCUT2D eigenvalue weighted by Crippen LogP contribution is 2.20. The van der Waals surface area contributed by atoms with Crippen LogP contribution in [0, 0.1) is 12.7 Å². The molecular formula is C23H19FN4O3S. The lowest BCUT2D eigenvalue weighted by atomic mass is 10.2. The molecule has 0 saturated carbocycles. The Hall–Kier alpha value is -3.98. The molecule has 0 saturated heterocycles. The van der Waals surface area contributed by atoms with Crippen LogP contribution < -0.4 is 10.0 Å². The van der Waals surface area contributed by atoms with Gasteiger partial charge in [0.1, 0.15) is 11.6 Å². The van der Waals surface area contributed by atoms with E-state index in [1.807, 2.05) is 0 Å². The fourth-order valence-corrected chi connectivity index (χ4v) is 4.12. The van der Waals surface area contributed by atoms with Gasteiger partial charge in [-0.25, -0.2) is 17.5 Å². The van der Waals surface area contributed by atoms with E-state index in [2.05, 4.69) is 15.1 Å². The molecule has 0 aliphatic rings. The normalized spacial score (nSPS) is 11.2. The first-order valence-corrected chi connectivity index (χ1v) is 11.1. The van der Waals surface area contributed by atoms with E-state index < -0.39 is 15.9 Å². The van der Waals surface area contributed by atoms with Crippen LogP contribution in [0.15, 0.2) is 89.8 Å². The maximum Gasteiger partial charge on any atom is 0.261 e. The van der Waals surface area contributed by atoms with E-state index in [4.69, 9.17) is 0 Å². The monoisotopic (exact) mass is 450 g/mol. The predicted octanol–water partition coefficient (Wildman–Crippen LogP) is 4.37. The SMILES string of the molecule is Cc1cc(NC(=O)c2ccc(S(=O)(=O)Nc3ccccc3)cc2)n(-c2ccc(F)cc2)n1. The second-order valence-corrected chi connectivity index (χ2v) is 8.69. The van der Waals surface area contributed by atoms with Crippen molar-refractivity contribution in [1.29, 1.82) is 0 Å². The number of halogens is 1. The molecule has 3 aromatic carbocycles. The fourth-order valence-electron chi connectivity index (χ4n) is 3.06. The second-order valence-electron chi connectivity index (χ2n) is 7.01. The number of aryl methyl sites for hydroxylation is 1. The Morgan fingerprint density at radius 3 is 2.25 bits per heavy atom. The Bertz CT molecular complexity index is 1350. The Kier molecular flexibility index (Phi) is 5.74. The van der Waals surface area contributed by atoms with Crippen LogP contribution in [-0.2, 0) is 10.0 Å². The molecule has 4 aromatic rings. The quantitative estimate of drug-likeness (QED) is 0.456. The highest BCUT2D eigenvalue weighted by Gasteiger charge is 2.17. The highest BCUT2D eigenvalue weighted by atomic mass is 32.2. The van der Waals surface area contributed by atoms with Gasteiger partial charge in [0, 0.05) is 17.3 Å². The maximum atomic E-state index is 13.2. The first-order valence-electron chi connectivity index (χ1n) is 9.64. The lowest BCUT2D eigenvalue weighted by Gasteiger charge is -2.10. The molecule has 0 atom stereocenters. The molecule has 0 aliphatic carbocycles. The van der Waals surface area contributed by atoms with Gasteiger partial charge < -0.3 is 5.32 Å². The number of para-hydroxylation sites is 1. The molecule has 4 rings (SSSR count). The number of nitrogens with one attached hydrogen (secondary N) is 2. The molecule has 0 radical (unpaired) electrons. The lowest BCUT2D eigenvalue weighted by molar-refractivity contribution is 0.102. The van der Waals surface area contributed by atoms with Crippen LogP contribution >= 0.6 is 0 Å². The van der Waals surface area contributed by atoms with Crippen molar-refractivity contribution < 1.29 is 17.6 Å². The number of nitrogens with zero attached hydrogens (tertiary/aromatic N) is 2. The molecule has 0 fully saturated rings. The molecule has 32 heavy (non-hydrogen) atoms. The molecule has 0 bridgehead atoms. The maximum absolute atomic E-state index is 13.2. The minimum atomic E-state index is -3.78. The predicted molar refractivity (Wildman–Crippen MR) is 120 cm³/mol. The Morgan fingerprint density at radius 2 is 1.59 bits per heavy atom. The lowest BCUT2D eigenvalue weighted by Crippen LogP contribution is -2.16. The van der Waals surface area contributed by atoms with Crippen molar-refractivity contribution in [3.05, 3.63) is 102 Å². The van der Waals surface area contributed by atoms with Crippen molar-refractivity contribution in [3.63, 3.8) is 0 Å². The van der Waals surface area contributed by atoms with Gasteiger partial charge in [0.2, 0.25) is 0 Å². The Balaban J connectivity index is 1.52. The highest BCUT2D eigenvalue weighted by molar-refractivity contribution is 7.92. The molecule has 0 unspecified atom stereocenters. The number of rotatable bonds is 6. The number of amides is 1. The van der Waals surface area contributed by atoms with Crippen molar-refractivity contribution in [2.75, 3.05) is 10.0 Å². The van der Waals surface area contributed by atoms with E-state index in [1.54, 1.807) is 55.5 Å². The van der Waals surface area contributed by atoms with E-state index >= 15 is 0 Å². The van der Waals surface area contributed by atoms with Gasteiger partial charge in [-0.05, 0) is 67.6 Å². The summed E-state index contributed by atoms with van der Waals surface area (Å²) in [5.41, 5.74) is 1.97. The van der Waals surface area contributed by atoms with Gasteiger partial charge in [-0.1, -0.05) is 18.2 Å². The molecule has 1 heterocycles. The average molecular weight is 450 g/mol. The van der Waals surface area contributed by atoms with Crippen LogP contribution in [0.25, 0.3) is 5.69 Å². The number of aromatic nitrogens is 2. The first kappa shape index (κ1) is 21.3. The minimum Gasteiger partial charge on any atom is -0.306 e. The van der Waals surface area contributed by atoms with Crippen molar-refractivity contribution in [2.45, 2.75) is 11.8 Å². The van der Waals surface area contributed by atoms with Gasteiger partial charge in [0.25, 0.3) is 15.9 Å². The minimum absolute atomic E-state index is 0.0325. The third kappa shape index (κ3) is 4.68. The standard InChI is InChI=1S/C23H19FN4O3S/c1-16-15-22(28(26-16)20-11-9-18(24)10-12-20)25-23(29)17-7-13-21(14-8-17)32(30,31)27-19-5-3-2-4-6-19/h2-15,27H,1H3,(H,25,29). The third-order valence-electron chi connectivity index (χ3n) is 4.60. The molecule has 2 N–H and O–H groups in total. The number of anilines is 2. The van der Waals surface area contributed by atoms with E-state index in [1.165, 1.54) is 41.1 Å². The van der Waals surface area contributed by atoms with E-state index in [0.29, 0.717) is 22.9 Å². The summed E-state index contributed by atoms with van der Waals surface area (Å²) in [6.45, 7) is 1.77. The van der Waals surface area contributed by atoms with Gasteiger partial charge in [-0.15, -0.1) is 0 Å². The van der Waals surface area contributed by atoms with E-state index in [-0.39, 0.29) is 16.3 Å². The van der Waals surface area contributed by atoms with E-state index in [0.717, 1.165) is 0 Å². The largest absolute Gasteiger partial charge is 0.306 e. The van der Waals surface area contributed by atoms with Crippen molar-refractivity contribution >= 4 is 27.4 Å². The first-order chi connectivity index (χ1) is 15.3. The van der Waals surface area contributed by atoms with Gasteiger partial charge in [-0.2, -0.15) is 5.10 Å². The van der Waals surface area contributed by atoms with Crippen molar-refractivity contribution in [3.8, 4) is 5.69 Å². The number of carbonyl (C=O) groups is 1. The second kappa shape index (κ2) is 8.64. The summed E-state index contributed by atoms with van der Waals surface area (Å²) in [7, 11) is -3.78. The molecule has 1 amide bonds. The molecule has 0 aliphatic heterocycles. The van der Waals surface area contributed by atoms with Gasteiger partial charge >= 0.3 is 0 Å². The summed E-state index contributed by atoms with van der Waals surface area (Å²) < 4.78 is 42.3. The summed E-state index contributed by atoms with van der Waals surface area (Å²) in [5.74, 6) is -0.408. The Labute approximate surface area is 184 Å². The van der Waals surface area contributed by atoms with Gasteiger partial charge in [0.05, 0.1) is 16.3 Å². The zero-order chi connectivity index (χ0) is 22.7. The molecule has 9 heteroatoms. The van der Waals surface area contributed by atoms with Crippen LogP contribution in [0.4, 0.5) is 15.9 Å². The summed E-state index contributed by atoms with van der Waals surface area (Å²) in [6.07, 6.45) is 0. The molecular weight excluding hydrogens is 431 g/mol. The van der Waals surface area contributed by atoms with Gasteiger partial charge in [0.15, 0.2) is 0 Å². The summed E-state index contributed by atoms with van der Waals surface area (Å²) in [4.78, 5) is 12.8. The fraction of sp³-hybridized carbons (Fsp3) is 0.0435. The van der Waals surface area contributed by atoms with Crippen LogP contribution in [-0.4, -0.2) is 24.1 Å². The molecule has 7 nitrogen and oxygen atoms in total. The summed E-state index contributed by atoms with van der Waals surface area (Å²) in [6, 6.07) is 21.5. The van der Waals surface area contributed by atoms with Crippen LogP contribution in [0.3, 0.4) is 0 Å². The van der Waals surface area contributed by atoms with Gasteiger partial charge in [-0.3, -0.25) is 9.52 Å². The van der Waals surface area contributed by atoms with Crippen LogP contribution in [0.1, 0.15) is 16.1 Å². The molecule has 1 aromatic heterocycles. The van der Waals surface area contributed by atoms with Crippen molar-refractivity contribution in [2.24, 2.45) is 0 Å². The summed E-state index contributed by atoms with van der Waals surface area (Å²) >= 11 is 0. The summed E-state index contributed by atoms with van der Waals surface area (Å²) in [5, 5.41) is 7.10. The topological polar surface area (TPSA) is 93.1 Å². The van der Waals surface area contributed by atoms with Crippen LogP contribution in [0.2, 0.25) is 0 Å². The third-order valence-corrected chi connectivity index (χ3v) is 5.99. The molecule has 162 valence electrons. The number of hydrogen-bond donors (Lipinski definition) is 2. The number of sulfonamides is 1. The van der Waals surface area contributed by atoms with Crippen LogP contribution in [0.5, 0.6) is 0 Å². The Morgan fingerprint density at radius 1 is 0.938 bits per heavy atom. The smallest absolute Gasteiger partial charge is 0.261 e. The number of benzene rings is 3. The zero-order valence-electron chi connectivity index (χ0n) is 17.0. The zero-order valence-corrected chi connectivity index (χ0v) is 17.8. The average Bonchev–Trinajstić information content (AvgIpc) is 3.14. The van der Waals surface area contributed by atoms with E-state index in [9.17, 15) is 17.6 Å². The van der Waals surface area contributed by atoms with Crippen molar-refractivity contribution in [1.82, 2.24) is 9.78 Å². The number of carbonyl (C=O) groups excluding carboxylic acids is 1. The molecule has 0 spiro atoms. The number of hydrogen-bond acceptors (Lipinski definition) is 4.